The molecule has 0 aliphatic rings. The zero-order valence-electron chi connectivity index (χ0n) is 14.1. The van der Waals surface area contributed by atoms with E-state index in [-0.39, 0.29) is 6.04 Å². The minimum atomic E-state index is -2.43. The Hall–Kier alpha value is -2.26. The van der Waals surface area contributed by atoms with Crippen molar-refractivity contribution in [2.45, 2.75) is 30.5 Å². The number of halogens is 2. The summed E-state index contributed by atoms with van der Waals surface area (Å²) in [5, 5.41) is 11.7. The van der Waals surface area contributed by atoms with Crippen LogP contribution in [0.2, 0.25) is 0 Å². The van der Waals surface area contributed by atoms with Crippen LogP contribution in [-0.2, 0) is 0 Å². The minimum Gasteiger partial charge on any atom is -0.332 e. The molecule has 2 aromatic heterocycles. The molecular weight excluding hydrogens is 376 g/mol. The first kappa shape index (κ1) is 18.5. The molecule has 0 saturated carbocycles. The van der Waals surface area contributed by atoms with Crippen LogP contribution < -0.4 is 10.6 Å². The third kappa shape index (κ3) is 4.47. The van der Waals surface area contributed by atoms with E-state index in [0.717, 1.165) is 16.7 Å². The fraction of sp³-hybridized carbons (Fsp3) is 0.235. The molecule has 0 saturated heterocycles. The van der Waals surface area contributed by atoms with Gasteiger partial charge in [-0.15, -0.1) is 0 Å². The number of alkyl halides is 2. The first-order valence-corrected chi connectivity index (χ1v) is 9.17. The molecule has 0 radical (unpaired) electrons. The van der Waals surface area contributed by atoms with Gasteiger partial charge < -0.3 is 10.6 Å². The van der Waals surface area contributed by atoms with Gasteiger partial charge in [0.2, 0.25) is 0 Å². The first-order chi connectivity index (χ1) is 12.4. The fourth-order valence-electron chi connectivity index (χ4n) is 2.40. The number of nitrogens with zero attached hydrogens (tertiary/aromatic N) is 3. The standard InChI is InChI=1S/C17H17F2N5S2/c1-10(2)24-15-11(8-21-24)7-13(9-20-15)23-17(25)22-12-3-5-14(6-4-12)26-16(18)19/h3-10,16H,1-2H3,(H2,22,23,25). The Morgan fingerprint density at radius 1 is 1.12 bits per heavy atom. The summed E-state index contributed by atoms with van der Waals surface area (Å²) in [5.74, 6) is -2.43. The highest BCUT2D eigenvalue weighted by Crippen LogP contribution is 2.26. The fourth-order valence-corrected chi connectivity index (χ4v) is 3.13. The van der Waals surface area contributed by atoms with Gasteiger partial charge >= 0.3 is 0 Å². The number of thioether (sulfide) groups is 1. The van der Waals surface area contributed by atoms with Gasteiger partial charge in [-0.1, -0.05) is 11.8 Å². The molecule has 0 atom stereocenters. The Morgan fingerprint density at radius 2 is 1.81 bits per heavy atom. The van der Waals surface area contributed by atoms with Crippen LogP contribution in [0.1, 0.15) is 19.9 Å². The second-order valence-electron chi connectivity index (χ2n) is 5.80. The lowest BCUT2D eigenvalue weighted by atomic mass is 10.3. The highest BCUT2D eigenvalue weighted by Gasteiger charge is 2.09. The Labute approximate surface area is 159 Å². The van der Waals surface area contributed by atoms with Gasteiger partial charge in [-0.2, -0.15) is 13.9 Å². The third-order valence-electron chi connectivity index (χ3n) is 3.52. The Bertz CT molecular complexity index is 909. The smallest absolute Gasteiger partial charge is 0.288 e. The van der Waals surface area contributed by atoms with E-state index >= 15 is 0 Å². The van der Waals surface area contributed by atoms with Gasteiger partial charge in [-0.25, -0.2) is 9.67 Å². The van der Waals surface area contributed by atoms with Crippen molar-refractivity contribution in [3.8, 4) is 0 Å². The average molecular weight is 393 g/mol. The number of fused-ring (bicyclic) bond motifs is 1. The first-order valence-electron chi connectivity index (χ1n) is 7.88. The van der Waals surface area contributed by atoms with E-state index in [0.29, 0.717) is 27.5 Å². The molecule has 26 heavy (non-hydrogen) atoms. The highest BCUT2D eigenvalue weighted by molar-refractivity contribution is 7.99. The van der Waals surface area contributed by atoms with Gasteiger partial charge in [0.15, 0.2) is 10.8 Å². The van der Waals surface area contributed by atoms with Crippen LogP contribution in [-0.4, -0.2) is 25.6 Å². The third-order valence-corrected chi connectivity index (χ3v) is 4.44. The zero-order valence-corrected chi connectivity index (χ0v) is 15.7. The molecule has 0 unspecified atom stereocenters. The number of hydrogen-bond donors (Lipinski definition) is 2. The monoisotopic (exact) mass is 393 g/mol. The lowest BCUT2D eigenvalue weighted by Crippen LogP contribution is -2.19. The van der Waals surface area contributed by atoms with Crippen molar-refractivity contribution in [3.63, 3.8) is 0 Å². The number of aromatic nitrogens is 3. The number of benzene rings is 1. The van der Waals surface area contributed by atoms with Crippen molar-refractivity contribution in [1.82, 2.24) is 14.8 Å². The molecule has 0 aliphatic carbocycles. The van der Waals surface area contributed by atoms with Crippen molar-refractivity contribution in [1.29, 1.82) is 0 Å². The van der Waals surface area contributed by atoms with Crippen LogP contribution in [0.5, 0.6) is 0 Å². The van der Waals surface area contributed by atoms with Gasteiger partial charge in [0, 0.05) is 22.0 Å². The molecule has 3 rings (SSSR count). The molecule has 2 N–H and O–H groups in total. The molecule has 0 bridgehead atoms. The van der Waals surface area contributed by atoms with Crippen molar-refractivity contribution in [3.05, 3.63) is 42.7 Å². The van der Waals surface area contributed by atoms with Gasteiger partial charge in [0.05, 0.1) is 18.1 Å². The predicted octanol–water partition coefficient (Wildman–Crippen LogP) is 5.14. The Morgan fingerprint density at radius 3 is 2.46 bits per heavy atom. The normalized spacial score (nSPS) is 11.3. The SMILES string of the molecule is CC(C)n1ncc2cc(NC(=S)Nc3ccc(SC(F)F)cc3)cnc21. The van der Waals surface area contributed by atoms with E-state index < -0.39 is 5.76 Å². The van der Waals surface area contributed by atoms with Crippen LogP contribution in [0.15, 0.2) is 47.6 Å². The molecule has 0 fully saturated rings. The summed E-state index contributed by atoms with van der Waals surface area (Å²) < 4.78 is 26.5. The second kappa shape index (κ2) is 7.96. The number of thiocarbonyl (C=S) groups is 1. The quantitative estimate of drug-likeness (QED) is 0.463. The molecule has 136 valence electrons. The van der Waals surface area contributed by atoms with Crippen molar-refractivity contribution >= 4 is 51.5 Å². The number of rotatable bonds is 5. The number of anilines is 2. The van der Waals surface area contributed by atoms with E-state index in [9.17, 15) is 8.78 Å². The van der Waals surface area contributed by atoms with Gasteiger partial charge in [0.25, 0.3) is 5.76 Å². The summed E-state index contributed by atoms with van der Waals surface area (Å²) in [4.78, 5) is 4.94. The van der Waals surface area contributed by atoms with E-state index in [4.69, 9.17) is 12.2 Å². The maximum absolute atomic E-state index is 12.3. The summed E-state index contributed by atoms with van der Waals surface area (Å²) in [6, 6.07) is 8.79. The van der Waals surface area contributed by atoms with Gasteiger partial charge in [-0.3, -0.25) is 0 Å². The molecule has 3 aromatic rings. The number of hydrogen-bond acceptors (Lipinski definition) is 4. The van der Waals surface area contributed by atoms with E-state index in [1.807, 2.05) is 24.6 Å². The largest absolute Gasteiger partial charge is 0.332 e. The van der Waals surface area contributed by atoms with Crippen LogP contribution in [0.3, 0.4) is 0 Å². The maximum Gasteiger partial charge on any atom is 0.288 e. The minimum absolute atomic E-state index is 0.229. The molecule has 5 nitrogen and oxygen atoms in total. The van der Waals surface area contributed by atoms with E-state index in [2.05, 4.69) is 20.7 Å². The summed E-state index contributed by atoms with van der Waals surface area (Å²) in [7, 11) is 0. The summed E-state index contributed by atoms with van der Waals surface area (Å²) in [5.41, 5.74) is 2.27. The molecule has 0 spiro atoms. The highest BCUT2D eigenvalue weighted by atomic mass is 32.2. The van der Waals surface area contributed by atoms with Crippen LogP contribution in [0, 0.1) is 0 Å². The Balaban J connectivity index is 1.65. The van der Waals surface area contributed by atoms with Crippen LogP contribution >= 0.6 is 24.0 Å². The van der Waals surface area contributed by atoms with E-state index in [1.54, 1.807) is 36.7 Å². The van der Waals surface area contributed by atoms with E-state index in [1.165, 1.54) is 0 Å². The van der Waals surface area contributed by atoms with Crippen LogP contribution in [0.4, 0.5) is 20.2 Å². The van der Waals surface area contributed by atoms with Crippen molar-refractivity contribution in [2.75, 3.05) is 10.6 Å². The maximum atomic E-state index is 12.3. The van der Waals surface area contributed by atoms with Crippen molar-refractivity contribution < 1.29 is 8.78 Å². The molecule has 9 heteroatoms. The molecule has 2 heterocycles. The lowest BCUT2D eigenvalue weighted by Gasteiger charge is -2.11. The molecule has 1 aromatic carbocycles. The molecule has 0 aliphatic heterocycles. The predicted molar refractivity (Wildman–Crippen MR) is 106 cm³/mol. The van der Waals surface area contributed by atoms with Gasteiger partial charge in [-0.05, 0) is 56.4 Å². The molecule has 0 amide bonds. The van der Waals surface area contributed by atoms with Crippen molar-refractivity contribution in [2.24, 2.45) is 0 Å². The van der Waals surface area contributed by atoms with Gasteiger partial charge in [0.1, 0.15) is 0 Å². The topological polar surface area (TPSA) is 54.8 Å². The number of pyridine rings is 1. The lowest BCUT2D eigenvalue weighted by molar-refractivity contribution is 0.252. The summed E-state index contributed by atoms with van der Waals surface area (Å²) in [6.45, 7) is 4.09. The van der Waals surface area contributed by atoms with Crippen LogP contribution in [0.25, 0.3) is 11.0 Å². The average Bonchev–Trinajstić information content (AvgIpc) is 2.99. The summed E-state index contributed by atoms with van der Waals surface area (Å²) >= 11 is 5.80. The Kier molecular flexibility index (Phi) is 5.67. The zero-order chi connectivity index (χ0) is 18.7. The second-order valence-corrected chi connectivity index (χ2v) is 7.27. The number of nitrogens with one attached hydrogen (secondary N) is 2. The summed E-state index contributed by atoms with van der Waals surface area (Å²) in [6.07, 6.45) is 3.46. The molecular formula is C17H17F2N5S2.